The highest BCUT2D eigenvalue weighted by atomic mass is 35.5. The van der Waals surface area contributed by atoms with Gasteiger partial charge < -0.3 is 24.7 Å². The van der Waals surface area contributed by atoms with Gasteiger partial charge in [-0.2, -0.15) is 5.26 Å². The molecule has 172 valence electrons. The molecule has 1 heterocycles. The Labute approximate surface area is 205 Å². The predicted molar refractivity (Wildman–Crippen MR) is 126 cm³/mol. The number of hydrogen-bond donors (Lipinski definition) is 1. The number of methoxy groups -OCH3 is 1. The van der Waals surface area contributed by atoms with Gasteiger partial charge >= 0.3 is 5.97 Å². The maximum Gasteiger partial charge on any atom is 0.349 e. The van der Waals surface area contributed by atoms with Crippen LogP contribution in [0.3, 0.4) is 0 Å². The number of para-hydroxylation sites is 2. The van der Waals surface area contributed by atoms with Crippen LogP contribution in [0.1, 0.15) is 17.0 Å². The summed E-state index contributed by atoms with van der Waals surface area (Å²) in [4.78, 5) is 12.3. The summed E-state index contributed by atoms with van der Waals surface area (Å²) in [6.07, 6.45) is 0. The fourth-order valence-corrected chi connectivity index (χ4v) is 3.88. The van der Waals surface area contributed by atoms with E-state index < -0.39 is 11.9 Å². The fraction of sp³-hybridized carbons (Fsp3) is 0.120. The molecule has 4 rings (SSSR count). The third-order valence-electron chi connectivity index (χ3n) is 5.11. The molecule has 3 aromatic rings. The van der Waals surface area contributed by atoms with E-state index in [2.05, 4.69) is 6.07 Å². The van der Waals surface area contributed by atoms with Crippen molar-refractivity contribution >= 4 is 29.2 Å². The monoisotopic (exact) mass is 496 g/mol. The van der Waals surface area contributed by atoms with Gasteiger partial charge in [-0.15, -0.1) is 0 Å². The zero-order chi connectivity index (χ0) is 24.2. The van der Waals surface area contributed by atoms with Crippen molar-refractivity contribution < 1.29 is 23.7 Å². The fourth-order valence-electron chi connectivity index (χ4n) is 3.57. The van der Waals surface area contributed by atoms with E-state index in [9.17, 15) is 10.1 Å². The molecule has 0 radical (unpaired) electrons. The third-order valence-corrected chi connectivity index (χ3v) is 5.85. The van der Waals surface area contributed by atoms with E-state index >= 15 is 0 Å². The molecule has 1 atom stereocenters. The first-order chi connectivity index (χ1) is 16.4. The van der Waals surface area contributed by atoms with Crippen LogP contribution in [0.4, 0.5) is 0 Å². The highest BCUT2D eigenvalue weighted by Gasteiger charge is 2.31. The second-order valence-electron chi connectivity index (χ2n) is 7.21. The summed E-state index contributed by atoms with van der Waals surface area (Å²) in [5.74, 6) is 0.306. The molecule has 1 unspecified atom stereocenters. The van der Waals surface area contributed by atoms with Crippen molar-refractivity contribution in [3.63, 3.8) is 0 Å². The molecule has 0 saturated carbocycles. The van der Waals surface area contributed by atoms with Crippen molar-refractivity contribution in [1.82, 2.24) is 0 Å². The van der Waals surface area contributed by atoms with Crippen LogP contribution in [0.5, 0.6) is 23.0 Å². The Morgan fingerprint density at radius 2 is 1.85 bits per heavy atom. The van der Waals surface area contributed by atoms with Gasteiger partial charge in [-0.25, -0.2) is 4.79 Å². The number of nitrogens with zero attached hydrogens (tertiary/aromatic N) is 1. The van der Waals surface area contributed by atoms with E-state index in [0.29, 0.717) is 38.4 Å². The average Bonchev–Trinajstić information content (AvgIpc) is 2.83. The minimum atomic E-state index is -0.621. The Balaban J connectivity index is 1.56. The van der Waals surface area contributed by atoms with Crippen molar-refractivity contribution in [1.29, 1.82) is 5.26 Å². The van der Waals surface area contributed by atoms with Crippen LogP contribution < -0.4 is 24.7 Å². The molecule has 0 bridgehead atoms. The Kier molecular flexibility index (Phi) is 6.82. The number of carbonyl (C=O) groups is 1. The van der Waals surface area contributed by atoms with Crippen LogP contribution in [-0.4, -0.2) is 19.7 Å². The normalized spacial score (nSPS) is 14.5. The molecule has 0 aromatic heterocycles. The number of allylic oxidation sites excluding steroid dienone is 1. The third kappa shape index (κ3) is 4.74. The second kappa shape index (κ2) is 9.96. The minimum absolute atomic E-state index is 0.0472. The number of halogens is 2. The van der Waals surface area contributed by atoms with Gasteiger partial charge in [0.1, 0.15) is 23.1 Å². The van der Waals surface area contributed by atoms with E-state index in [4.69, 9.17) is 47.9 Å². The summed E-state index contributed by atoms with van der Waals surface area (Å²) < 4.78 is 21.8. The molecule has 0 spiro atoms. The molecule has 1 aliphatic rings. The van der Waals surface area contributed by atoms with Crippen LogP contribution in [-0.2, 0) is 4.79 Å². The quantitative estimate of drug-likeness (QED) is 0.369. The summed E-state index contributed by atoms with van der Waals surface area (Å²) in [7, 11) is 1.51. The first kappa shape index (κ1) is 23.3. The Bertz CT molecular complexity index is 1330. The number of ether oxygens (including phenoxy) is 4. The average molecular weight is 497 g/mol. The van der Waals surface area contributed by atoms with Crippen molar-refractivity contribution in [3.8, 4) is 29.1 Å². The Morgan fingerprint density at radius 3 is 2.56 bits per heavy atom. The Morgan fingerprint density at radius 1 is 1.09 bits per heavy atom. The summed E-state index contributed by atoms with van der Waals surface area (Å²) in [5.41, 5.74) is 7.64. The van der Waals surface area contributed by atoms with Crippen LogP contribution in [0, 0.1) is 11.3 Å². The van der Waals surface area contributed by atoms with E-state index in [1.807, 2.05) is 0 Å². The number of rotatable bonds is 6. The van der Waals surface area contributed by atoms with Crippen molar-refractivity contribution in [2.75, 3.05) is 13.7 Å². The smallest absolute Gasteiger partial charge is 0.349 e. The van der Waals surface area contributed by atoms with Gasteiger partial charge in [0, 0.05) is 11.6 Å². The number of nitrogens with two attached hydrogens (primary N) is 1. The lowest BCUT2D eigenvalue weighted by atomic mass is 9.83. The predicted octanol–water partition coefficient (Wildman–Crippen LogP) is 5.20. The first-order valence-corrected chi connectivity index (χ1v) is 10.8. The number of benzene rings is 3. The molecular weight excluding hydrogens is 479 g/mol. The first-order valence-electron chi connectivity index (χ1n) is 10.0. The zero-order valence-electron chi connectivity index (χ0n) is 17.9. The molecule has 0 aliphatic carbocycles. The zero-order valence-corrected chi connectivity index (χ0v) is 19.4. The van der Waals surface area contributed by atoms with E-state index in [-0.39, 0.29) is 23.8 Å². The van der Waals surface area contributed by atoms with E-state index in [0.717, 1.165) is 0 Å². The van der Waals surface area contributed by atoms with Crippen LogP contribution in [0.2, 0.25) is 10.0 Å². The molecule has 34 heavy (non-hydrogen) atoms. The van der Waals surface area contributed by atoms with Gasteiger partial charge in [0.15, 0.2) is 18.1 Å². The number of fused-ring (bicyclic) bond motifs is 1. The van der Waals surface area contributed by atoms with E-state index in [1.165, 1.54) is 13.2 Å². The molecule has 0 saturated heterocycles. The van der Waals surface area contributed by atoms with Gasteiger partial charge in [-0.05, 0) is 35.9 Å². The topological polar surface area (TPSA) is 104 Å². The van der Waals surface area contributed by atoms with Gasteiger partial charge in [-0.1, -0.05) is 47.5 Å². The number of esters is 1. The van der Waals surface area contributed by atoms with Crippen LogP contribution in [0.15, 0.2) is 72.1 Å². The van der Waals surface area contributed by atoms with Crippen molar-refractivity contribution in [3.05, 3.63) is 93.3 Å². The molecule has 7 nitrogen and oxygen atoms in total. The molecule has 9 heteroatoms. The summed E-state index contributed by atoms with van der Waals surface area (Å²) in [5, 5.41) is 10.4. The lowest BCUT2D eigenvalue weighted by Crippen LogP contribution is -2.21. The highest BCUT2D eigenvalue weighted by Crippen LogP contribution is 2.44. The number of hydrogen-bond acceptors (Lipinski definition) is 7. The molecule has 0 amide bonds. The Hall–Kier alpha value is -3.86. The van der Waals surface area contributed by atoms with Crippen LogP contribution in [0.25, 0.3) is 0 Å². The number of nitriles is 1. The van der Waals surface area contributed by atoms with Crippen LogP contribution >= 0.6 is 23.2 Å². The molecule has 0 fully saturated rings. The van der Waals surface area contributed by atoms with Crippen molar-refractivity contribution in [2.45, 2.75) is 5.92 Å². The van der Waals surface area contributed by atoms with Crippen molar-refractivity contribution in [2.24, 2.45) is 5.73 Å². The number of carbonyl (C=O) groups excluding carboxylic acids is 1. The minimum Gasteiger partial charge on any atom is -0.493 e. The maximum absolute atomic E-state index is 12.3. The standard InChI is InChI=1S/C25H18Cl2N2O5/c1-31-20-4-2-3-5-21(20)32-13-23(30)33-15-7-8-16-22(11-15)34-25(29)17(12-28)24(16)14-6-9-18(26)19(27)10-14/h2-11,24H,13,29H2,1H3. The van der Waals surface area contributed by atoms with E-state index in [1.54, 1.807) is 54.6 Å². The van der Waals surface area contributed by atoms with Gasteiger partial charge in [0.05, 0.1) is 23.1 Å². The van der Waals surface area contributed by atoms with Gasteiger partial charge in [-0.3, -0.25) is 0 Å². The summed E-state index contributed by atoms with van der Waals surface area (Å²) in [6, 6.07) is 19.0. The highest BCUT2D eigenvalue weighted by molar-refractivity contribution is 6.42. The molecular formula is C25H18Cl2N2O5. The lowest BCUT2D eigenvalue weighted by Gasteiger charge is -2.27. The summed E-state index contributed by atoms with van der Waals surface area (Å²) >= 11 is 12.2. The second-order valence-corrected chi connectivity index (χ2v) is 8.03. The summed E-state index contributed by atoms with van der Waals surface area (Å²) in [6.45, 7) is -0.329. The molecule has 1 aliphatic heterocycles. The maximum atomic E-state index is 12.3. The van der Waals surface area contributed by atoms with Gasteiger partial charge in [0.25, 0.3) is 0 Å². The largest absolute Gasteiger partial charge is 0.493 e. The van der Waals surface area contributed by atoms with Gasteiger partial charge in [0.2, 0.25) is 5.88 Å². The molecule has 3 aromatic carbocycles. The SMILES string of the molecule is COc1ccccc1OCC(=O)Oc1ccc2c(c1)OC(N)=C(C#N)C2c1ccc(Cl)c(Cl)c1. The lowest BCUT2D eigenvalue weighted by molar-refractivity contribution is -0.136. The molecule has 2 N–H and O–H groups in total.